The summed E-state index contributed by atoms with van der Waals surface area (Å²) < 4.78 is 22.6. The first-order chi connectivity index (χ1) is 9.20. The van der Waals surface area contributed by atoms with Crippen molar-refractivity contribution in [1.82, 2.24) is 4.90 Å². The van der Waals surface area contributed by atoms with E-state index in [2.05, 4.69) is 13.8 Å². The molecule has 1 amide bonds. The summed E-state index contributed by atoms with van der Waals surface area (Å²) in [5.41, 5.74) is 1.17. The molecule has 1 saturated heterocycles. The Morgan fingerprint density at radius 1 is 1.25 bits per heavy atom. The number of carbonyl (C=O) groups is 1. The molecule has 0 bridgehead atoms. The molecule has 110 valence electrons. The molecule has 1 fully saturated rings. The molecule has 5 nitrogen and oxygen atoms in total. The lowest BCUT2D eigenvalue weighted by molar-refractivity contribution is 0.0784. The first-order valence-corrected chi connectivity index (χ1v) is 8.17. The van der Waals surface area contributed by atoms with Gasteiger partial charge in [-0.15, -0.1) is 0 Å². The van der Waals surface area contributed by atoms with E-state index in [0.717, 1.165) is 13.1 Å². The van der Waals surface area contributed by atoms with E-state index in [-0.39, 0.29) is 10.8 Å². The molecule has 2 rings (SSSR count). The summed E-state index contributed by atoms with van der Waals surface area (Å²) in [6.45, 7) is 7.49. The van der Waals surface area contributed by atoms with Gasteiger partial charge in [0.05, 0.1) is 4.90 Å². The molecule has 0 aromatic heterocycles. The molecular weight excluding hydrogens is 276 g/mol. The summed E-state index contributed by atoms with van der Waals surface area (Å²) in [7, 11) is -3.73. The van der Waals surface area contributed by atoms with Gasteiger partial charge in [-0.25, -0.2) is 13.6 Å². The first-order valence-electron chi connectivity index (χ1n) is 6.63. The van der Waals surface area contributed by atoms with Crippen LogP contribution in [0.25, 0.3) is 0 Å². The van der Waals surface area contributed by atoms with Crippen LogP contribution in [0.3, 0.4) is 0 Å². The average molecular weight is 296 g/mol. The molecule has 1 aromatic carbocycles. The monoisotopic (exact) mass is 296 g/mol. The summed E-state index contributed by atoms with van der Waals surface area (Å²) in [5.74, 6) is 0.936. The zero-order valence-corrected chi connectivity index (χ0v) is 12.8. The highest BCUT2D eigenvalue weighted by atomic mass is 32.2. The maximum atomic E-state index is 12.5. The van der Waals surface area contributed by atoms with Crippen LogP contribution in [0.2, 0.25) is 0 Å². The topological polar surface area (TPSA) is 80.5 Å². The molecule has 0 radical (unpaired) electrons. The van der Waals surface area contributed by atoms with E-state index in [1.165, 1.54) is 12.1 Å². The fourth-order valence-electron chi connectivity index (χ4n) is 2.52. The van der Waals surface area contributed by atoms with E-state index in [0.29, 0.717) is 23.0 Å². The van der Waals surface area contributed by atoms with E-state index in [1.54, 1.807) is 13.0 Å². The van der Waals surface area contributed by atoms with Crippen molar-refractivity contribution in [1.29, 1.82) is 0 Å². The highest BCUT2D eigenvalue weighted by molar-refractivity contribution is 7.89. The van der Waals surface area contributed by atoms with Crippen LogP contribution in [0, 0.1) is 18.8 Å². The van der Waals surface area contributed by atoms with Crippen LogP contribution in [-0.4, -0.2) is 32.3 Å². The van der Waals surface area contributed by atoms with Gasteiger partial charge in [0.1, 0.15) is 0 Å². The van der Waals surface area contributed by atoms with Crippen molar-refractivity contribution in [2.75, 3.05) is 13.1 Å². The third-order valence-electron chi connectivity index (χ3n) is 4.03. The zero-order chi connectivity index (χ0) is 15.1. The van der Waals surface area contributed by atoms with Crippen LogP contribution < -0.4 is 5.14 Å². The number of benzene rings is 1. The van der Waals surface area contributed by atoms with E-state index in [4.69, 9.17) is 5.14 Å². The number of primary sulfonamides is 1. The van der Waals surface area contributed by atoms with E-state index in [1.807, 2.05) is 4.90 Å². The Morgan fingerprint density at radius 2 is 1.80 bits per heavy atom. The number of nitrogens with two attached hydrogens (primary N) is 1. The van der Waals surface area contributed by atoms with Crippen molar-refractivity contribution >= 4 is 15.9 Å². The second-order valence-electron chi connectivity index (χ2n) is 5.69. The Hall–Kier alpha value is -1.40. The van der Waals surface area contributed by atoms with Crippen LogP contribution in [0.1, 0.15) is 29.8 Å². The van der Waals surface area contributed by atoms with Crippen molar-refractivity contribution in [3.05, 3.63) is 29.3 Å². The number of sulfonamides is 1. The van der Waals surface area contributed by atoms with Gasteiger partial charge in [-0.3, -0.25) is 4.79 Å². The zero-order valence-electron chi connectivity index (χ0n) is 12.0. The van der Waals surface area contributed by atoms with Gasteiger partial charge in [-0.05, 0) is 42.5 Å². The molecule has 1 heterocycles. The number of nitrogens with zero attached hydrogens (tertiary/aromatic N) is 1. The van der Waals surface area contributed by atoms with E-state index < -0.39 is 10.0 Å². The number of hydrogen-bond donors (Lipinski definition) is 1. The van der Waals surface area contributed by atoms with Crippen LogP contribution in [0.4, 0.5) is 0 Å². The molecule has 0 spiro atoms. The first kappa shape index (κ1) is 15.0. The van der Waals surface area contributed by atoms with Gasteiger partial charge < -0.3 is 4.90 Å². The number of rotatable bonds is 2. The van der Waals surface area contributed by atoms with Gasteiger partial charge in [0, 0.05) is 18.7 Å². The van der Waals surface area contributed by atoms with Crippen LogP contribution in [-0.2, 0) is 10.0 Å². The predicted octanol–water partition coefficient (Wildman–Crippen LogP) is 1.37. The molecule has 0 aliphatic carbocycles. The molecule has 1 aliphatic heterocycles. The SMILES string of the molecule is Cc1cc(S(N)(=O)=O)ccc1C(=O)N1CC(C)C(C)C1. The van der Waals surface area contributed by atoms with Gasteiger partial charge in [-0.2, -0.15) is 0 Å². The molecule has 2 N–H and O–H groups in total. The highest BCUT2D eigenvalue weighted by Crippen LogP contribution is 2.25. The number of carbonyl (C=O) groups excluding carboxylic acids is 1. The van der Waals surface area contributed by atoms with Crippen LogP contribution in [0.15, 0.2) is 23.1 Å². The Kier molecular flexibility index (Phi) is 3.88. The maximum absolute atomic E-state index is 12.5. The fourth-order valence-corrected chi connectivity index (χ4v) is 3.12. The predicted molar refractivity (Wildman–Crippen MR) is 76.8 cm³/mol. The lowest BCUT2D eigenvalue weighted by Crippen LogP contribution is -2.29. The van der Waals surface area contributed by atoms with Gasteiger partial charge in [-0.1, -0.05) is 13.8 Å². The Labute approximate surface area is 119 Å². The second kappa shape index (κ2) is 5.18. The number of aryl methyl sites for hydroxylation is 1. The maximum Gasteiger partial charge on any atom is 0.254 e. The summed E-state index contributed by atoms with van der Waals surface area (Å²) >= 11 is 0. The van der Waals surface area contributed by atoms with Crippen LogP contribution in [0.5, 0.6) is 0 Å². The fraction of sp³-hybridized carbons (Fsp3) is 0.500. The molecule has 0 saturated carbocycles. The summed E-state index contributed by atoms with van der Waals surface area (Å²) in [5, 5.41) is 5.09. The van der Waals surface area contributed by atoms with E-state index in [9.17, 15) is 13.2 Å². The highest BCUT2D eigenvalue weighted by Gasteiger charge is 2.30. The summed E-state index contributed by atoms with van der Waals surface area (Å²) in [6.07, 6.45) is 0. The van der Waals surface area contributed by atoms with Gasteiger partial charge >= 0.3 is 0 Å². The van der Waals surface area contributed by atoms with Crippen molar-refractivity contribution < 1.29 is 13.2 Å². The Balaban J connectivity index is 2.28. The quantitative estimate of drug-likeness (QED) is 0.895. The number of likely N-dealkylation sites (tertiary alicyclic amines) is 1. The minimum atomic E-state index is -3.73. The van der Waals surface area contributed by atoms with Crippen molar-refractivity contribution in [2.45, 2.75) is 25.7 Å². The Bertz CT molecular complexity index is 630. The second-order valence-corrected chi connectivity index (χ2v) is 7.25. The molecule has 2 atom stereocenters. The van der Waals surface area contributed by atoms with Gasteiger partial charge in [0.15, 0.2) is 0 Å². The molecule has 20 heavy (non-hydrogen) atoms. The lowest BCUT2D eigenvalue weighted by atomic mass is 10.0. The Morgan fingerprint density at radius 3 is 2.25 bits per heavy atom. The van der Waals surface area contributed by atoms with Gasteiger partial charge in [0.25, 0.3) is 5.91 Å². The smallest absolute Gasteiger partial charge is 0.254 e. The molecule has 2 unspecified atom stereocenters. The third-order valence-corrected chi connectivity index (χ3v) is 4.94. The average Bonchev–Trinajstić information content (AvgIpc) is 2.67. The number of hydrogen-bond acceptors (Lipinski definition) is 3. The lowest BCUT2D eigenvalue weighted by Gasteiger charge is -2.17. The standard InChI is InChI=1S/C14H20N2O3S/c1-9-6-12(20(15,18)19)4-5-13(9)14(17)16-7-10(2)11(3)8-16/h4-6,10-11H,7-8H2,1-3H3,(H2,15,18,19). The molecule has 1 aliphatic rings. The largest absolute Gasteiger partial charge is 0.338 e. The van der Waals surface area contributed by atoms with E-state index >= 15 is 0 Å². The number of amides is 1. The van der Waals surface area contributed by atoms with Crippen LogP contribution >= 0.6 is 0 Å². The van der Waals surface area contributed by atoms with Crippen molar-refractivity contribution in [3.8, 4) is 0 Å². The van der Waals surface area contributed by atoms with Crippen molar-refractivity contribution in [2.24, 2.45) is 17.0 Å². The minimum Gasteiger partial charge on any atom is -0.338 e. The summed E-state index contributed by atoms with van der Waals surface area (Å²) in [6, 6.07) is 4.38. The third kappa shape index (κ3) is 2.86. The molecular formula is C14H20N2O3S. The summed E-state index contributed by atoms with van der Waals surface area (Å²) in [4.78, 5) is 14.3. The normalized spacial score (nSPS) is 23.1. The minimum absolute atomic E-state index is 0.0368. The van der Waals surface area contributed by atoms with Gasteiger partial charge in [0.2, 0.25) is 10.0 Å². The molecule has 1 aromatic rings. The van der Waals surface area contributed by atoms with Crippen molar-refractivity contribution in [3.63, 3.8) is 0 Å². The molecule has 6 heteroatoms.